The van der Waals surface area contributed by atoms with Crippen molar-refractivity contribution in [3.63, 3.8) is 0 Å². The molecular formula is C18H22N6O2. The predicted octanol–water partition coefficient (Wildman–Crippen LogP) is 0.846. The third-order valence-corrected chi connectivity index (χ3v) is 5.19. The summed E-state index contributed by atoms with van der Waals surface area (Å²) in [5.74, 6) is 1.11. The van der Waals surface area contributed by atoms with Crippen LogP contribution in [0.25, 0.3) is 0 Å². The molecule has 0 aromatic carbocycles. The van der Waals surface area contributed by atoms with Crippen molar-refractivity contribution in [2.24, 2.45) is 7.05 Å². The normalized spacial score (nSPS) is 22.1. The first-order chi connectivity index (χ1) is 12.6. The average Bonchev–Trinajstić information content (AvgIpc) is 3.14. The minimum Gasteiger partial charge on any atom is -0.357 e. The minimum atomic E-state index is -0.246. The Balaban J connectivity index is 1.35. The van der Waals surface area contributed by atoms with Crippen molar-refractivity contribution in [1.82, 2.24) is 25.1 Å². The Hall–Kier alpha value is -2.77. The van der Waals surface area contributed by atoms with Crippen molar-refractivity contribution in [2.75, 3.05) is 18.0 Å². The first kappa shape index (κ1) is 16.7. The van der Waals surface area contributed by atoms with Crippen LogP contribution in [0.15, 0.2) is 29.3 Å². The highest BCUT2D eigenvalue weighted by molar-refractivity contribution is 5.92. The van der Waals surface area contributed by atoms with Gasteiger partial charge in [-0.1, -0.05) is 0 Å². The van der Waals surface area contributed by atoms with Crippen molar-refractivity contribution >= 4 is 11.7 Å². The third kappa shape index (κ3) is 3.31. The van der Waals surface area contributed by atoms with Gasteiger partial charge in [-0.2, -0.15) is 5.10 Å². The van der Waals surface area contributed by atoms with Crippen LogP contribution in [0.4, 0.5) is 5.82 Å². The third-order valence-electron chi connectivity index (χ3n) is 5.19. The summed E-state index contributed by atoms with van der Waals surface area (Å²) in [5.41, 5.74) is 1.07. The number of aryl methyl sites for hydroxylation is 1. The van der Waals surface area contributed by atoms with Gasteiger partial charge < -0.3 is 10.2 Å². The Morgan fingerprint density at radius 1 is 1.19 bits per heavy atom. The van der Waals surface area contributed by atoms with E-state index < -0.39 is 0 Å². The first-order valence-corrected chi connectivity index (χ1v) is 9.02. The summed E-state index contributed by atoms with van der Waals surface area (Å²) in [4.78, 5) is 34.7. The molecule has 2 aromatic heterocycles. The molecule has 0 radical (unpaired) electrons. The van der Waals surface area contributed by atoms with Crippen LogP contribution in [0.3, 0.4) is 0 Å². The van der Waals surface area contributed by atoms with Crippen LogP contribution >= 0.6 is 0 Å². The van der Waals surface area contributed by atoms with Gasteiger partial charge in [0.15, 0.2) is 0 Å². The highest BCUT2D eigenvalue weighted by Gasteiger charge is 2.33. The Bertz CT molecular complexity index is 868. The summed E-state index contributed by atoms with van der Waals surface area (Å²) in [6, 6.07) is 5.01. The fourth-order valence-electron chi connectivity index (χ4n) is 3.56. The van der Waals surface area contributed by atoms with Crippen LogP contribution in [0, 0.1) is 0 Å². The summed E-state index contributed by atoms with van der Waals surface area (Å²) >= 11 is 0. The van der Waals surface area contributed by atoms with Gasteiger partial charge in [-0.15, -0.1) is 0 Å². The van der Waals surface area contributed by atoms with E-state index in [0.717, 1.165) is 37.4 Å². The lowest BCUT2D eigenvalue weighted by Crippen LogP contribution is -2.44. The minimum absolute atomic E-state index is 0.108. The quantitative estimate of drug-likeness (QED) is 0.875. The molecule has 1 aliphatic carbocycles. The van der Waals surface area contributed by atoms with Gasteiger partial charge >= 0.3 is 0 Å². The molecule has 3 heterocycles. The zero-order chi connectivity index (χ0) is 18.1. The van der Waals surface area contributed by atoms with E-state index in [1.165, 1.54) is 36.7 Å². The van der Waals surface area contributed by atoms with E-state index in [4.69, 9.17) is 0 Å². The van der Waals surface area contributed by atoms with E-state index in [1.54, 1.807) is 6.33 Å². The summed E-state index contributed by atoms with van der Waals surface area (Å²) in [7, 11) is 1.53. The van der Waals surface area contributed by atoms with Gasteiger partial charge in [0.05, 0.1) is 0 Å². The molecule has 1 saturated heterocycles. The molecule has 26 heavy (non-hydrogen) atoms. The van der Waals surface area contributed by atoms with Crippen molar-refractivity contribution in [3.8, 4) is 0 Å². The molecular weight excluding hydrogens is 332 g/mol. The molecule has 8 heteroatoms. The van der Waals surface area contributed by atoms with Gasteiger partial charge in [-0.3, -0.25) is 9.59 Å². The van der Waals surface area contributed by atoms with Gasteiger partial charge in [0.25, 0.3) is 11.5 Å². The Morgan fingerprint density at radius 3 is 2.69 bits per heavy atom. The maximum Gasteiger partial charge on any atom is 0.271 e. The molecule has 0 spiro atoms. The molecule has 1 N–H and O–H groups in total. The summed E-state index contributed by atoms with van der Waals surface area (Å²) in [6.45, 7) is 2.12. The molecule has 8 nitrogen and oxygen atoms in total. The molecule has 2 aromatic rings. The molecule has 2 aliphatic rings. The molecule has 1 amide bonds. The number of hydrogen-bond acceptors (Lipinski definition) is 6. The zero-order valence-corrected chi connectivity index (χ0v) is 14.8. The lowest BCUT2D eigenvalue weighted by Gasteiger charge is -2.35. The monoisotopic (exact) mass is 354 g/mol. The summed E-state index contributed by atoms with van der Waals surface area (Å²) in [6.07, 6.45) is 5.79. The molecule has 0 unspecified atom stereocenters. The van der Waals surface area contributed by atoms with Gasteiger partial charge in [-0.05, 0) is 31.7 Å². The van der Waals surface area contributed by atoms with Crippen LogP contribution in [0.1, 0.15) is 47.8 Å². The van der Waals surface area contributed by atoms with Crippen LogP contribution < -0.4 is 15.8 Å². The number of nitrogens with one attached hydrogen (secondary N) is 1. The SMILES string of the molecule is Cn1nc(C(=O)NC2CC(c3cc(N4CCCC4)ncn3)C2)ccc1=O. The Morgan fingerprint density at radius 2 is 1.96 bits per heavy atom. The van der Waals surface area contributed by atoms with E-state index in [2.05, 4.69) is 31.3 Å². The number of aromatic nitrogens is 4. The van der Waals surface area contributed by atoms with Gasteiger partial charge in [0.1, 0.15) is 17.8 Å². The van der Waals surface area contributed by atoms with E-state index >= 15 is 0 Å². The van der Waals surface area contributed by atoms with Gasteiger partial charge in [0.2, 0.25) is 0 Å². The fraction of sp³-hybridized carbons (Fsp3) is 0.500. The maximum absolute atomic E-state index is 12.3. The van der Waals surface area contributed by atoms with Crippen LogP contribution in [-0.4, -0.2) is 44.8 Å². The summed E-state index contributed by atoms with van der Waals surface area (Å²) in [5, 5.41) is 6.96. The highest BCUT2D eigenvalue weighted by atomic mass is 16.2. The topological polar surface area (TPSA) is 93.0 Å². The van der Waals surface area contributed by atoms with E-state index in [1.807, 2.05) is 0 Å². The molecule has 2 fully saturated rings. The Kier molecular flexibility index (Phi) is 4.40. The smallest absolute Gasteiger partial charge is 0.271 e. The van der Waals surface area contributed by atoms with Crippen molar-refractivity contribution in [3.05, 3.63) is 46.3 Å². The number of nitrogens with zero attached hydrogens (tertiary/aromatic N) is 5. The number of rotatable bonds is 4. The Labute approximate surface area is 151 Å². The van der Waals surface area contributed by atoms with Crippen LogP contribution in [0.5, 0.6) is 0 Å². The second kappa shape index (κ2) is 6.86. The van der Waals surface area contributed by atoms with Gasteiger partial charge in [-0.25, -0.2) is 14.6 Å². The second-order valence-electron chi connectivity index (χ2n) is 7.01. The first-order valence-electron chi connectivity index (χ1n) is 9.02. The van der Waals surface area contributed by atoms with Crippen LogP contribution in [0.2, 0.25) is 0 Å². The number of carbonyl (C=O) groups is 1. The molecule has 136 valence electrons. The lowest BCUT2D eigenvalue weighted by atomic mass is 9.78. The number of anilines is 1. The maximum atomic E-state index is 12.3. The number of carbonyl (C=O) groups excluding carboxylic acids is 1. The van der Waals surface area contributed by atoms with Crippen molar-refractivity contribution in [2.45, 2.75) is 37.6 Å². The number of hydrogen-bond donors (Lipinski definition) is 1. The fourth-order valence-corrected chi connectivity index (χ4v) is 3.56. The van der Waals surface area contributed by atoms with Crippen molar-refractivity contribution < 1.29 is 4.79 Å². The largest absolute Gasteiger partial charge is 0.357 e. The van der Waals surface area contributed by atoms with E-state index in [-0.39, 0.29) is 23.2 Å². The molecule has 1 saturated carbocycles. The lowest BCUT2D eigenvalue weighted by molar-refractivity contribution is 0.0900. The highest BCUT2D eigenvalue weighted by Crippen LogP contribution is 2.36. The molecule has 0 atom stereocenters. The predicted molar refractivity (Wildman–Crippen MR) is 96.2 cm³/mol. The second-order valence-corrected chi connectivity index (χ2v) is 7.01. The van der Waals surface area contributed by atoms with Gasteiger partial charge in [0, 0.05) is 49.9 Å². The zero-order valence-electron chi connectivity index (χ0n) is 14.8. The summed E-state index contributed by atoms with van der Waals surface area (Å²) < 4.78 is 1.17. The standard InChI is InChI=1S/C18H22N6O2/c1-23-17(25)5-4-14(22-23)18(26)21-13-8-12(9-13)15-10-16(20-11-19-15)24-6-2-3-7-24/h4-5,10-13H,2-3,6-9H2,1H3,(H,21,26). The van der Waals surface area contributed by atoms with Crippen molar-refractivity contribution in [1.29, 1.82) is 0 Å². The van der Waals surface area contributed by atoms with Crippen LogP contribution in [-0.2, 0) is 7.05 Å². The molecule has 1 aliphatic heterocycles. The molecule has 0 bridgehead atoms. The van der Waals surface area contributed by atoms with E-state index in [0.29, 0.717) is 5.92 Å². The number of amides is 1. The molecule has 4 rings (SSSR count). The average molecular weight is 354 g/mol. The van der Waals surface area contributed by atoms with E-state index in [9.17, 15) is 9.59 Å².